The van der Waals surface area contributed by atoms with Gasteiger partial charge in [0.25, 0.3) is 0 Å². The summed E-state index contributed by atoms with van der Waals surface area (Å²) < 4.78 is 23.4. The summed E-state index contributed by atoms with van der Waals surface area (Å²) in [7, 11) is 0. The van der Waals surface area contributed by atoms with Crippen LogP contribution in [0.25, 0.3) is 0 Å². The zero-order chi connectivity index (χ0) is 54.9. The quantitative estimate of drug-likeness (QED) is 0.0283. The highest BCUT2D eigenvalue weighted by Crippen LogP contribution is 2.27. The van der Waals surface area contributed by atoms with Crippen molar-refractivity contribution in [3.8, 4) is 0 Å². The number of unbranched alkanes of at least 4 members (excludes halogenated alkanes) is 19. The number of ether oxygens (including phenoxy) is 4. The number of hydrogen-bond acceptors (Lipinski definition) is 12. The van der Waals surface area contributed by atoms with Gasteiger partial charge in [0.1, 0.15) is 6.04 Å². The molecule has 74 heavy (non-hydrogen) atoms. The first-order valence-electron chi connectivity index (χ1n) is 28.6. The van der Waals surface area contributed by atoms with Gasteiger partial charge < -0.3 is 45.3 Å². The van der Waals surface area contributed by atoms with Gasteiger partial charge in [-0.25, -0.2) is 9.59 Å². The lowest BCUT2D eigenvalue weighted by molar-refractivity contribution is -0.141. The molecule has 18 heteroatoms. The molecule has 1 saturated heterocycles. The fourth-order valence-corrected chi connectivity index (χ4v) is 9.64. The molecule has 0 bridgehead atoms. The molecule has 1 fully saturated rings. The average Bonchev–Trinajstić information content (AvgIpc) is 3.60. The average molecular weight is 1070 g/mol. The number of likely N-dealkylation sites (tertiary alicyclic amines) is 1. The fourth-order valence-electron chi connectivity index (χ4n) is 8.46. The normalized spacial score (nSPS) is 14.7. The van der Waals surface area contributed by atoms with Gasteiger partial charge in [-0.15, -0.1) is 11.8 Å². The Morgan fingerprint density at radius 1 is 0.649 bits per heavy atom. The first kappa shape index (κ1) is 68.5. The number of aliphatic carboxylic acids is 1. The molecule has 1 aliphatic rings. The summed E-state index contributed by atoms with van der Waals surface area (Å²) in [6, 6.07) is -1.14. The summed E-state index contributed by atoms with van der Waals surface area (Å²) in [6.45, 7) is 16.9. The number of amides is 6. The molecule has 1 aliphatic heterocycles. The van der Waals surface area contributed by atoms with Crippen LogP contribution >= 0.6 is 11.8 Å². The minimum atomic E-state index is -1.20. The van der Waals surface area contributed by atoms with Crippen molar-refractivity contribution in [2.75, 3.05) is 58.4 Å². The van der Waals surface area contributed by atoms with E-state index in [0.717, 1.165) is 44.1 Å². The highest BCUT2D eigenvalue weighted by molar-refractivity contribution is 8.00. The van der Waals surface area contributed by atoms with Gasteiger partial charge >= 0.3 is 12.1 Å². The maximum Gasteiger partial charge on any atom is 0.407 e. The molecular formula is C56H103N5O12S. The molecular weight excluding hydrogens is 967 g/mol. The van der Waals surface area contributed by atoms with Crippen molar-refractivity contribution in [2.24, 2.45) is 0 Å². The summed E-state index contributed by atoms with van der Waals surface area (Å²) in [6.07, 6.45) is 28.0. The van der Waals surface area contributed by atoms with Gasteiger partial charge in [0, 0.05) is 71.1 Å². The smallest absolute Gasteiger partial charge is 0.407 e. The van der Waals surface area contributed by atoms with E-state index in [2.05, 4.69) is 28.2 Å². The maximum absolute atomic E-state index is 12.8. The Hall–Kier alpha value is -3.48. The van der Waals surface area contributed by atoms with Crippen LogP contribution in [0.1, 0.15) is 228 Å². The van der Waals surface area contributed by atoms with Gasteiger partial charge in [-0.2, -0.15) is 0 Å². The Bertz CT molecular complexity index is 1570. The maximum atomic E-state index is 12.8. The lowest BCUT2D eigenvalue weighted by Gasteiger charge is -2.30. The second-order valence-electron chi connectivity index (χ2n) is 21.4. The second-order valence-corrected chi connectivity index (χ2v) is 22.6. The molecule has 0 aromatic rings. The Labute approximate surface area is 450 Å². The summed E-state index contributed by atoms with van der Waals surface area (Å²) in [5, 5.41) is 19.6. The Kier molecular flexibility index (Phi) is 39.5. The van der Waals surface area contributed by atoms with Crippen molar-refractivity contribution in [1.82, 2.24) is 26.2 Å². The van der Waals surface area contributed by atoms with Crippen molar-refractivity contribution < 1.29 is 57.6 Å². The number of alkyl carbamates (subject to hydrolysis) is 1. The number of nitrogens with zero attached hydrogens (tertiary/aromatic N) is 1. The van der Waals surface area contributed by atoms with E-state index in [1.165, 1.54) is 108 Å². The standard InChI is InChI=1S/C56H103N5O12S/c1-8-9-10-11-12-13-14-15-16-17-18-19-20-21-22-29-39-70-45(2)32-40-71-54(69)59-35-27-23-25-30-49(63)57-36-33-55(4,5)72-41-34-56(6,7)73-42-37-58-50(64)31-26-24-28-38-61-51(65)43-48(52(61)66)74-44-47(53(67)68)60-46(3)62/h45,47-48H,8-44H2,1-7H3,(H,57,63)(H,58,64)(H,59,69)(H,60,62)(H,67,68)/t45?,47-,48?/m1/s1. The first-order chi connectivity index (χ1) is 35.4. The van der Waals surface area contributed by atoms with Crippen molar-refractivity contribution in [2.45, 2.75) is 257 Å². The molecule has 2 unspecified atom stereocenters. The number of hydrogen-bond donors (Lipinski definition) is 5. The molecule has 17 nitrogen and oxygen atoms in total. The van der Waals surface area contributed by atoms with E-state index in [0.29, 0.717) is 90.8 Å². The summed E-state index contributed by atoms with van der Waals surface area (Å²) >= 11 is 1.05. The van der Waals surface area contributed by atoms with Crippen LogP contribution in [0.15, 0.2) is 0 Å². The van der Waals surface area contributed by atoms with E-state index in [1.54, 1.807) is 0 Å². The minimum Gasteiger partial charge on any atom is -0.480 e. The minimum absolute atomic E-state index is 0.00342. The van der Waals surface area contributed by atoms with Gasteiger partial charge in [-0.1, -0.05) is 116 Å². The third kappa shape index (κ3) is 38.1. The van der Waals surface area contributed by atoms with Crippen LogP contribution in [-0.2, 0) is 47.7 Å². The summed E-state index contributed by atoms with van der Waals surface area (Å²) in [5.41, 5.74) is -0.924. The topological polar surface area (TPSA) is 228 Å². The molecule has 5 N–H and O–H groups in total. The third-order valence-corrected chi connectivity index (χ3v) is 14.6. The molecule has 0 radical (unpaired) electrons. The Morgan fingerprint density at radius 3 is 1.76 bits per heavy atom. The molecule has 0 aliphatic carbocycles. The number of carboxylic acid groups (broad SMARTS) is 1. The van der Waals surface area contributed by atoms with E-state index in [-0.39, 0.29) is 48.5 Å². The highest BCUT2D eigenvalue weighted by Gasteiger charge is 2.39. The van der Waals surface area contributed by atoms with E-state index in [1.807, 2.05) is 34.6 Å². The fraction of sp³-hybridized carbons (Fsp3) is 0.875. The molecule has 6 amide bonds. The number of thioether (sulfide) groups is 1. The van der Waals surface area contributed by atoms with E-state index in [4.69, 9.17) is 18.9 Å². The predicted molar refractivity (Wildman–Crippen MR) is 294 cm³/mol. The van der Waals surface area contributed by atoms with E-state index in [9.17, 15) is 38.7 Å². The van der Waals surface area contributed by atoms with E-state index < -0.39 is 40.5 Å². The molecule has 1 heterocycles. The van der Waals surface area contributed by atoms with Crippen LogP contribution < -0.4 is 21.3 Å². The van der Waals surface area contributed by atoms with Crippen molar-refractivity contribution in [3.63, 3.8) is 0 Å². The molecule has 1 rings (SSSR count). The highest BCUT2D eigenvalue weighted by atomic mass is 32.2. The largest absolute Gasteiger partial charge is 0.480 e. The molecule has 0 aromatic heterocycles. The Balaban J connectivity index is 1.99. The van der Waals surface area contributed by atoms with Gasteiger partial charge in [0.05, 0.1) is 42.4 Å². The summed E-state index contributed by atoms with van der Waals surface area (Å²) in [5.74, 6) is -2.49. The molecule has 0 aromatic carbocycles. The first-order valence-corrected chi connectivity index (χ1v) is 29.7. The van der Waals surface area contributed by atoms with Crippen LogP contribution in [0.3, 0.4) is 0 Å². The van der Waals surface area contributed by atoms with Crippen LogP contribution in [0.2, 0.25) is 0 Å². The predicted octanol–water partition coefficient (Wildman–Crippen LogP) is 9.94. The Morgan fingerprint density at radius 2 is 1.18 bits per heavy atom. The number of carboxylic acids is 1. The van der Waals surface area contributed by atoms with Crippen molar-refractivity contribution in [3.05, 3.63) is 0 Å². The summed E-state index contributed by atoms with van der Waals surface area (Å²) in [4.78, 5) is 86.0. The zero-order valence-corrected chi connectivity index (χ0v) is 48.0. The van der Waals surface area contributed by atoms with Crippen LogP contribution in [0.5, 0.6) is 0 Å². The van der Waals surface area contributed by atoms with Crippen molar-refractivity contribution in [1.29, 1.82) is 0 Å². The monoisotopic (exact) mass is 1070 g/mol. The van der Waals surface area contributed by atoms with E-state index >= 15 is 0 Å². The third-order valence-electron chi connectivity index (χ3n) is 13.3. The van der Waals surface area contributed by atoms with Gasteiger partial charge in [0.15, 0.2) is 0 Å². The molecule has 430 valence electrons. The zero-order valence-electron chi connectivity index (χ0n) is 47.2. The number of carbonyl (C=O) groups is 7. The molecule has 0 saturated carbocycles. The lowest BCUT2D eigenvalue weighted by Crippen LogP contribution is -2.42. The lowest BCUT2D eigenvalue weighted by atomic mass is 10.0. The molecule has 0 spiro atoms. The van der Waals surface area contributed by atoms with Crippen molar-refractivity contribution >= 4 is 53.4 Å². The van der Waals surface area contributed by atoms with Gasteiger partial charge in [-0.3, -0.25) is 28.9 Å². The SMILES string of the molecule is CCCCCCCCCCCCCCCCCCOC(C)CCOC(=O)NCCCCCC(=O)NCCC(C)(C)OCCC(C)(C)OCCNC(=O)CCCCCN1C(=O)CC(SC[C@@H](NC(C)=O)C(=O)O)C1=O. The van der Waals surface area contributed by atoms with Gasteiger partial charge in [-0.05, 0) is 79.6 Å². The van der Waals surface area contributed by atoms with Gasteiger partial charge in [0.2, 0.25) is 29.5 Å². The van der Waals surface area contributed by atoms with Crippen LogP contribution in [0.4, 0.5) is 4.79 Å². The number of rotatable bonds is 49. The second kappa shape index (κ2) is 42.6. The number of imide groups is 1. The van der Waals surface area contributed by atoms with Crippen LogP contribution in [-0.4, -0.2) is 139 Å². The van der Waals surface area contributed by atoms with Crippen LogP contribution in [0, 0.1) is 0 Å². The number of nitrogens with one attached hydrogen (secondary N) is 4. The number of carbonyl (C=O) groups excluding carboxylic acids is 6. The molecule has 3 atom stereocenters.